The first-order valence-corrected chi connectivity index (χ1v) is 9.35. The highest BCUT2D eigenvalue weighted by atomic mass is 35.5. The molecule has 0 radical (unpaired) electrons. The monoisotopic (exact) mass is 387 g/mol. The number of benzene rings is 1. The molecule has 7 heteroatoms. The zero-order valence-electron chi connectivity index (χ0n) is 14.8. The average Bonchev–Trinajstić information content (AvgIpc) is 3.25. The molecular weight excluding hydrogens is 366 g/mol. The van der Waals surface area contributed by atoms with Crippen molar-refractivity contribution >= 4 is 40.5 Å². The van der Waals surface area contributed by atoms with Crippen LogP contribution >= 0.6 is 23.7 Å². The van der Waals surface area contributed by atoms with E-state index in [0.717, 1.165) is 29.7 Å². The summed E-state index contributed by atoms with van der Waals surface area (Å²) in [6, 6.07) is 9.19. The van der Waals surface area contributed by atoms with Gasteiger partial charge < -0.3 is 10.2 Å². The molecular formula is C19H22ClN5S. The van der Waals surface area contributed by atoms with Crippen molar-refractivity contribution in [1.29, 1.82) is 0 Å². The maximum atomic E-state index is 4.77. The second-order valence-corrected chi connectivity index (χ2v) is 7.66. The Morgan fingerprint density at radius 1 is 1.12 bits per heavy atom. The number of rotatable bonds is 4. The van der Waals surface area contributed by atoms with Gasteiger partial charge in [0.25, 0.3) is 0 Å². The molecule has 1 saturated heterocycles. The number of nitrogens with zero attached hydrogens (tertiary/aromatic N) is 4. The Hall–Kier alpha value is -2.18. The second-order valence-electron chi connectivity index (χ2n) is 6.43. The quantitative estimate of drug-likeness (QED) is 0.678. The van der Waals surface area contributed by atoms with Crippen molar-refractivity contribution < 1.29 is 0 Å². The maximum absolute atomic E-state index is 4.77. The fraction of sp³-hybridized carbons (Fsp3) is 0.316. The molecule has 3 heterocycles. The number of aryl methyl sites for hydroxylation is 2. The van der Waals surface area contributed by atoms with Gasteiger partial charge in [-0.3, -0.25) is 4.98 Å². The van der Waals surface area contributed by atoms with E-state index in [1.807, 2.05) is 19.3 Å². The third kappa shape index (κ3) is 3.97. The molecule has 136 valence electrons. The van der Waals surface area contributed by atoms with Crippen molar-refractivity contribution in [3.05, 3.63) is 58.9 Å². The maximum Gasteiger partial charge on any atom is 0.188 e. The molecule has 0 spiro atoms. The van der Waals surface area contributed by atoms with Crippen LogP contribution in [0.3, 0.4) is 0 Å². The summed E-state index contributed by atoms with van der Waals surface area (Å²) in [5, 5.41) is 4.11. The highest BCUT2D eigenvalue weighted by molar-refractivity contribution is 7.15. The number of anilines is 3. The van der Waals surface area contributed by atoms with E-state index in [2.05, 4.69) is 51.4 Å². The van der Waals surface area contributed by atoms with Crippen LogP contribution in [-0.2, 0) is 0 Å². The molecule has 1 N–H and O–H groups in total. The SMILES string of the molecule is Cc1ccc([C@@H]2CCCN2c2cncc(Nc3ncc(C)s3)n2)cc1.Cl. The third-order valence-electron chi connectivity index (χ3n) is 4.49. The van der Waals surface area contributed by atoms with Crippen LogP contribution in [0.2, 0.25) is 0 Å². The third-order valence-corrected chi connectivity index (χ3v) is 5.32. The molecule has 1 aliphatic heterocycles. The highest BCUT2D eigenvalue weighted by Crippen LogP contribution is 2.35. The van der Waals surface area contributed by atoms with Gasteiger partial charge in [-0.1, -0.05) is 29.8 Å². The van der Waals surface area contributed by atoms with Gasteiger partial charge in [0.2, 0.25) is 0 Å². The van der Waals surface area contributed by atoms with Gasteiger partial charge in [-0.2, -0.15) is 0 Å². The number of aromatic nitrogens is 3. The van der Waals surface area contributed by atoms with Crippen LogP contribution in [-0.4, -0.2) is 21.5 Å². The molecule has 2 aromatic heterocycles. The lowest BCUT2D eigenvalue weighted by atomic mass is 10.0. The summed E-state index contributed by atoms with van der Waals surface area (Å²) in [7, 11) is 0. The van der Waals surface area contributed by atoms with Crippen molar-refractivity contribution in [2.45, 2.75) is 32.7 Å². The van der Waals surface area contributed by atoms with E-state index in [1.165, 1.54) is 22.4 Å². The van der Waals surface area contributed by atoms with Crippen molar-refractivity contribution in [2.24, 2.45) is 0 Å². The van der Waals surface area contributed by atoms with Gasteiger partial charge in [0.15, 0.2) is 10.9 Å². The number of hydrogen-bond donors (Lipinski definition) is 1. The van der Waals surface area contributed by atoms with Crippen molar-refractivity contribution in [3.63, 3.8) is 0 Å². The minimum atomic E-state index is 0. The Kier molecular flexibility index (Phi) is 5.74. The molecule has 1 fully saturated rings. The van der Waals surface area contributed by atoms with Gasteiger partial charge in [0.05, 0.1) is 18.4 Å². The van der Waals surface area contributed by atoms with Gasteiger partial charge in [0, 0.05) is 17.6 Å². The van der Waals surface area contributed by atoms with E-state index in [4.69, 9.17) is 4.98 Å². The first-order valence-electron chi connectivity index (χ1n) is 8.54. The topological polar surface area (TPSA) is 53.9 Å². The molecule has 1 atom stereocenters. The van der Waals surface area contributed by atoms with E-state index in [9.17, 15) is 0 Å². The Balaban J connectivity index is 0.00000196. The Morgan fingerprint density at radius 3 is 2.65 bits per heavy atom. The Morgan fingerprint density at radius 2 is 1.92 bits per heavy atom. The number of hydrogen-bond acceptors (Lipinski definition) is 6. The zero-order valence-corrected chi connectivity index (χ0v) is 16.5. The fourth-order valence-corrected chi connectivity index (χ4v) is 3.92. The van der Waals surface area contributed by atoms with Gasteiger partial charge in [0.1, 0.15) is 5.82 Å². The van der Waals surface area contributed by atoms with E-state index in [1.54, 1.807) is 17.5 Å². The summed E-state index contributed by atoms with van der Waals surface area (Å²) in [4.78, 5) is 17.0. The molecule has 26 heavy (non-hydrogen) atoms. The van der Waals surface area contributed by atoms with E-state index < -0.39 is 0 Å². The lowest BCUT2D eigenvalue weighted by Crippen LogP contribution is -2.23. The number of thiazole rings is 1. The standard InChI is InChI=1S/C19H21N5S.ClH/c1-13-5-7-15(8-6-13)16-4-3-9-24(16)18-12-20-11-17(22-18)23-19-21-10-14(2)25-19;/h5-8,10-12,16H,3-4,9H2,1-2H3,(H,21,22,23);1H/t16-;/m0./s1. The molecule has 0 amide bonds. The predicted molar refractivity (Wildman–Crippen MR) is 110 cm³/mol. The van der Waals surface area contributed by atoms with E-state index in [-0.39, 0.29) is 12.4 Å². The van der Waals surface area contributed by atoms with Crippen LogP contribution in [0.4, 0.5) is 16.8 Å². The molecule has 5 nitrogen and oxygen atoms in total. The predicted octanol–water partition coefficient (Wildman–Crippen LogP) is 5.06. The summed E-state index contributed by atoms with van der Waals surface area (Å²) < 4.78 is 0. The first kappa shape index (κ1) is 18.6. The van der Waals surface area contributed by atoms with E-state index >= 15 is 0 Å². The fourth-order valence-electron chi connectivity index (χ4n) is 3.25. The Labute approximate surface area is 163 Å². The highest BCUT2D eigenvalue weighted by Gasteiger charge is 2.27. The van der Waals surface area contributed by atoms with Crippen LogP contribution in [0.15, 0.2) is 42.9 Å². The molecule has 0 saturated carbocycles. The molecule has 1 aliphatic rings. The lowest BCUT2D eigenvalue weighted by molar-refractivity contribution is 0.710. The smallest absolute Gasteiger partial charge is 0.188 e. The van der Waals surface area contributed by atoms with Crippen LogP contribution < -0.4 is 10.2 Å². The van der Waals surface area contributed by atoms with Gasteiger partial charge >= 0.3 is 0 Å². The van der Waals surface area contributed by atoms with Gasteiger partial charge in [-0.25, -0.2) is 9.97 Å². The van der Waals surface area contributed by atoms with Crippen LogP contribution in [0.5, 0.6) is 0 Å². The minimum Gasteiger partial charge on any atom is -0.348 e. The lowest BCUT2D eigenvalue weighted by Gasteiger charge is -2.26. The molecule has 3 aromatic rings. The number of nitrogens with one attached hydrogen (secondary N) is 1. The van der Waals surface area contributed by atoms with Crippen molar-refractivity contribution in [2.75, 3.05) is 16.8 Å². The van der Waals surface area contributed by atoms with Gasteiger partial charge in [-0.15, -0.1) is 23.7 Å². The molecule has 4 rings (SSSR count). The van der Waals surface area contributed by atoms with Crippen LogP contribution in [0, 0.1) is 13.8 Å². The second kappa shape index (κ2) is 8.01. The molecule has 1 aromatic carbocycles. The molecule has 0 unspecified atom stereocenters. The Bertz CT molecular complexity index is 864. The summed E-state index contributed by atoms with van der Waals surface area (Å²) in [6.45, 7) is 5.17. The van der Waals surface area contributed by atoms with Crippen LogP contribution in [0.25, 0.3) is 0 Å². The summed E-state index contributed by atoms with van der Waals surface area (Å²) in [6.07, 6.45) is 7.78. The van der Waals surface area contributed by atoms with Crippen molar-refractivity contribution in [1.82, 2.24) is 15.0 Å². The van der Waals surface area contributed by atoms with E-state index in [0.29, 0.717) is 6.04 Å². The summed E-state index contributed by atoms with van der Waals surface area (Å²) in [5.74, 6) is 1.66. The van der Waals surface area contributed by atoms with Crippen LogP contribution in [0.1, 0.15) is 34.9 Å². The summed E-state index contributed by atoms with van der Waals surface area (Å²) in [5.41, 5.74) is 2.64. The molecule has 0 aliphatic carbocycles. The van der Waals surface area contributed by atoms with Gasteiger partial charge in [-0.05, 0) is 32.3 Å². The summed E-state index contributed by atoms with van der Waals surface area (Å²) >= 11 is 1.62. The largest absolute Gasteiger partial charge is 0.348 e. The zero-order chi connectivity index (χ0) is 17.2. The minimum absolute atomic E-state index is 0. The molecule has 0 bridgehead atoms. The number of halogens is 1. The normalized spacial score (nSPS) is 16.4. The first-order chi connectivity index (χ1) is 12.2. The van der Waals surface area contributed by atoms with Crippen molar-refractivity contribution in [3.8, 4) is 0 Å². The average molecular weight is 388 g/mol.